The Morgan fingerprint density at radius 2 is 2.45 bits per heavy atom. The maximum Gasteiger partial charge on any atom is 0.254 e. The van der Waals surface area contributed by atoms with Crippen molar-refractivity contribution >= 4 is 11.6 Å². The largest absolute Gasteiger partial charge is 0.476 e. The molecule has 5 heteroatoms. The topological polar surface area (TPSA) is 35.0 Å². The molecule has 0 N–H and O–H groups in total. The monoisotopic (exact) mass is 176 g/mol. The number of hydrogen-bond acceptors (Lipinski definition) is 3. The first kappa shape index (κ1) is 8.20. The lowest BCUT2D eigenvalue weighted by atomic mass is 10.6. The predicted octanol–water partition coefficient (Wildman–Crippen LogP) is 1.67. The molecule has 0 spiro atoms. The van der Waals surface area contributed by atoms with E-state index in [9.17, 15) is 4.39 Å². The molecule has 3 nitrogen and oxygen atoms in total. The average molecular weight is 177 g/mol. The van der Waals surface area contributed by atoms with Gasteiger partial charge in [-0.05, 0) is 18.5 Å². The van der Waals surface area contributed by atoms with Crippen molar-refractivity contribution in [2.24, 2.45) is 0 Å². The van der Waals surface area contributed by atoms with Crippen molar-refractivity contribution in [3.05, 3.63) is 17.3 Å². The standard InChI is InChI=1S/C6H6ClFN2O/c1-2-11-5-4(8)3-9-6(7)10-5/h3H,2H2,1H3. The van der Waals surface area contributed by atoms with Gasteiger partial charge < -0.3 is 4.74 Å². The molecule has 0 bridgehead atoms. The van der Waals surface area contributed by atoms with E-state index in [1.165, 1.54) is 0 Å². The molecule has 1 aromatic rings. The summed E-state index contributed by atoms with van der Waals surface area (Å²) in [6.07, 6.45) is 0.973. The van der Waals surface area contributed by atoms with Crippen LogP contribution in [0.25, 0.3) is 0 Å². The highest BCUT2D eigenvalue weighted by Gasteiger charge is 2.04. The van der Waals surface area contributed by atoms with Crippen LogP contribution in [0.5, 0.6) is 5.88 Å². The molecule has 1 heterocycles. The minimum Gasteiger partial charge on any atom is -0.476 e. The van der Waals surface area contributed by atoms with Gasteiger partial charge in [-0.1, -0.05) is 0 Å². The summed E-state index contributed by atoms with van der Waals surface area (Å²) < 4.78 is 17.5. The molecule has 0 aliphatic heterocycles. The fourth-order valence-corrected chi connectivity index (χ4v) is 0.695. The first-order valence-corrected chi connectivity index (χ1v) is 3.42. The van der Waals surface area contributed by atoms with Crippen LogP contribution < -0.4 is 4.74 Å². The van der Waals surface area contributed by atoms with Gasteiger partial charge in [-0.2, -0.15) is 9.37 Å². The van der Waals surface area contributed by atoms with Crippen molar-refractivity contribution < 1.29 is 9.13 Å². The Morgan fingerprint density at radius 3 is 3.09 bits per heavy atom. The summed E-state index contributed by atoms with van der Waals surface area (Å²) in [5.41, 5.74) is 0. The normalized spacial score (nSPS) is 9.73. The second-order valence-electron chi connectivity index (χ2n) is 1.73. The molecule has 0 aliphatic rings. The lowest BCUT2D eigenvalue weighted by molar-refractivity contribution is 0.306. The molecule has 0 radical (unpaired) electrons. The lowest BCUT2D eigenvalue weighted by Crippen LogP contribution is -1.98. The predicted molar refractivity (Wildman–Crippen MR) is 38.2 cm³/mol. The Bertz CT molecular complexity index is 256. The molecule has 0 fully saturated rings. The molecule has 0 unspecified atom stereocenters. The van der Waals surface area contributed by atoms with E-state index in [-0.39, 0.29) is 11.2 Å². The molecule has 60 valence electrons. The van der Waals surface area contributed by atoms with Crippen LogP contribution in [0.15, 0.2) is 6.20 Å². The summed E-state index contributed by atoms with van der Waals surface area (Å²) in [6, 6.07) is 0. The zero-order chi connectivity index (χ0) is 8.27. The second-order valence-corrected chi connectivity index (χ2v) is 2.06. The Labute approximate surface area is 68.2 Å². The first-order chi connectivity index (χ1) is 5.24. The van der Waals surface area contributed by atoms with E-state index in [0.717, 1.165) is 6.20 Å². The van der Waals surface area contributed by atoms with Gasteiger partial charge in [0.15, 0.2) is 0 Å². The van der Waals surface area contributed by atoms with Crippen LogP contribution in [0, 0.1) is 5.82 Å². The van der Waals surface area contributed by atoms with Gasteiger partial charge in [-0.15, -0.1) is 0 Å². The summed E-state index contributed by atoms with van der Waals surface area (Å²) in [4.78, 5) is 6.94. The maximum absolute atomic E-state index is 12.6. The fraction of sp³-hybridized carbons (Fsp3) is 0.333. The molecule has 0 amide bonds. The lowest BCUT2D eigenvalue weighted by Gasteiger charge is -2.01. The molecular formula is C6H6ClFN2O. The van der Waals surface area contributed by atoms with E-state index in [2.05, 4.69) is 9.97 Å². The zero-order valence-corrected chi connectivity index (χ0v) is 6.60. The average Bonchev–Trinajstić information content (AvgIpc) is 1.98. The van der Waals surface area contributed by atoms with Gasteiger partial charge in [-0.3, -0.25) is 0 Å². The van der Waals surface area contributed by atoms with E-state index in [1.807, 2.05) is 0 Å². The van der Waals surface area contributed by atoms with Gasteiger partial charge in [-0.25, -0.2) is 4.98 Å². The zero-order valence-electron chi connectivity index (χ0n) is 5.84. The number of rotatable bonds is 2. The van der Waals surface area contributed by atoms with Crippen molar-refractivity contribution in [1.29, 1.82) is 0 Å². The highest BCUT2D eigenvalue weighted by atomic mass is 35.5. The minimum absolute atomic E-state index is 0.0187. The fourth-order valence-electron chi connectivity index (χ4n) is 0.569. The third-order valence-electron chi connectivity index (χ3n) is 0.964. The third kappa shape index (κ3) is 2.01. The van der Waals surface area contributed by atoms with Gasteiger partial charge >= 0.3 is 0 Å². The van der Waals surface area contributed by atoms with Gasteiger partial charge in [0, 0.05) is 0 Å². The first-order valence-electron chi connectivity index (χ1n) is 3.05. The van der Waals surface area contributed by atoms with Gasteiger partial charge in [0.05, 0.1) is 12.8 Å². The smallest absolute Gasteiger partial charge is 0.254 e. The molecule has 0 saturated carbocycles. The quantitative estimate of drug-likeness (QED) is 0.643. The Kier molecular flexibility index (Phi) is 2.59. The second kappa shape index (κ2) is 3.48. The molecule has 0 aromatic carbocycles. The minimum atomic E-state index is -0.601. The van der Waals surface area contributed by atoms with E-state index in [4.69, 9.17) is 16.3 Å². The number of halogens is 2. The molecular weight excluding hydrogens is 171 g/mol. The van der Waals surface area contributed by atoms with Crippen LogP contribution in [0.4, 0.5) is 4.39 Å². The molecule has 1 rings (SSSR count). The SMILES string of the molecule is CCOc1nc(Cl)ncc1F. The van der Waals surface area contributed by atoms with Crippen molar-refractivity contribution in [3.8, 4) is 5.88 Å². The summed E-state index contributed by atoms with van der Waals surface area (Å²) in [5.74, 6) is -0.705. The summed E-state index contributed by atoms with van der Waals surface area (Å²) in [6.45, 7) is 2.08. The summed E-state index contributed by atoms with van der Waals surface area (Å²) >= 11 is 5.38. The highest BCUT2D eigenvalue weighted by Crippen LogP contribution is 2.13. The molecule has 11 heavy (non-hydrogen) atoms. The Morgan fingerprint density at radius 1 is 1.73 bits per heavy atom. The van der Waals surface area contributed by atoms with Crippen molar-refractivity contribution in [2.75, 3.05) is 6.61 Å². The number of aromatic nitrogens is 2. The van der Waals surface area contributed by atoms with E-state index in [1.54, 1.807) is 6.92 Å². The number of hydrogen-bond donors (Lipinski definition) is 0. The van der Waals surface area contributed by atoms with Crippen LogP contribution in [0.2, 0.25) is 5.28 Å². The highest BCUT2D eigenvalue weighted by molar-refractivity contribution is 6.28. The molecule has 1 aromatic heterocycles. The molecule has 0 saturated heterocycles. The van der Waals surface area contributed by atoms with Crippen LogP contribution in [-0.4, -0.2) is 16.6 Å². The van der Waals surface area contributed by atoms with E-state index < -0.39 is 5.82 Å². The molecule has 0 atom stereocenters. The Balaban J connectivity index is 2.93. The van der Waals surface area contributed by atoms with Gasteiger partial charge in [0.2, 0.25) is 11.1 Å². The van der Waals surface area contributed by atoms with Crippen molar-refractivity contribution in [2.45, 2.75) is 6.92 Å². The van der Waals surface area contributed by atoms with Gasteiger partial charge in [0.1, 0.15) is 0 Å². The summed E-state index contributed by atoms with van der Waals surface area (Å²) in [7, 11) is 0. The van der Waals surface area contributed by atoms with Crippen molar-refractivity contribution in [3.63, 3.8) is 0 Å². The van der Waals surface area contributed by atoms with E-state index >= 15 is 0 Å². The maximum atomic E-state index is 12.6. The van der Waals surface area contributed by atoms with Crippen LogP contribution in [-0.2, 0) is 0 Å². The van der Waals surface area contributed by atoms with Crippen LogP contribution >= 0.6 is 11.6 Å². The number of nitrogens with zero attached hydrogens (tertiary/aromatic N) is 2. The third-order valence-corrected chi connectivity index (χ3v) is 1.15. The van der Waals surface area contributed by atoms with E-state index in [0.29, 0.717) is 6.61 Å². The Hall–Kier alpha value is -0.900. The van der Waals surface area contributed by atoms with Crippen LogP contribution in [0.3, 0.4) is 0 Å². The number of ether oxygens (including phenoxy) is 1. The van der Waals surface area contributed by atoms with Crippen molar-refractivity contribution in [1.82, 2.24) is 9.97 Å². The van der Waals surface area contributed by atoms with Crippen LogP contribution in [0.1, 0.15) is 6.92 Å². The van der Waals surface area contributed by atoms with Gasteiger partial charge in [0.25, 0.3) is 5.88 Å². The molecule has 0 aliphatic carbocycles. The summed E-state index contributed by atoms with van der Waals surface area (Å²) in [5, 5.41) is -0.0187.